The zero-order valence-corrected chi connectivity index (χ0v) is 14.5. The maximum Gasteiger partial charge on any atom is 0.193 e. The third kappa shape index (κ3) is 2.70. The van der Waals surface area contributed by atoms with Gasteiger partial charge >= 0.3 is 0 Å². The van der Waals surface area contributed by atoms with Gasteiger partial charge in [-0.2, -0.15) is 0 Å². The molecule has 18 heavy (non-hydrogen) atoms. The first kappa shape index (κ1) is 14.2. The third-order valence-corrected chi connectivity index (χ3v) is 9.14. The first-order chi connectivity index (χ1) is 8.16. The van der Waals surface area contributed by atoms with E-state index in [2.05, 4.69) is 60.8 Å². The average molecular weight is 328 g/mol. The topological polar surface area (TPSA) is 22.1 Å². The van der Waals surface area contributed by atoms with Gasteiger partial charge in [-0.1, -0.05) is 20.8 Å². The van der Waals surface area contributed by atoms with E-state index in [0.717, 1.165) is 17.3 Å². The Morgan fingerprint density at radius 1 is 1.28 bits per heavy atom. The predicted molar refractivity (Wildman–Crippen MR) is 81.1 cm³/mol. The molecule has 1 heterocycles. The quantitative estimate of drug-likeness (QED) is 0.740. The molecule has 1 aliphatic carbocycles. The van der Waals surface area contributed by atoms with E-state index in [1.54, 1.807) is 0 Å². The van der Waals surface area contributed by atoms with E-state index >= 15 is 0 Å². The van der Waals surface area contributed by atoms with Crippen LogP contribution in [0.25, 0.3) is 0 Å². The molecule has 0 saturated heterocycles. The number of pyridine rings is 1. The zero-order valence-electron chi connectivity index (χ0n) is 11.9. The molecule has 0 aromatic carbocycles. The summed E-state index contributed by atoms with van der Waals surface area (Å²) >= 11 is 3.49. The van der Waals surface area contributed by atoms with Crippen LogP contribution >= 0.6 is 15.9 Å². The first-order valence-corrected chi connectivity index (χ1v) is 10.2. The molecule has 1 saturated carbocycles. The number of hydrogen-bond donors (Lipinski definition) is 0. The molecule has 1 fully saturated rings. The van der Waals surface area contributed by atoms with E-state index in [4.69, 9.17) is 4.43 Å². The molecular weight excluding hydrogens is 306 g/mol. The summed E-state index contributed by atoms with van der Waals surface area (Å²) in [5.41, 5.74) is 1.17. The molecule has 0 spiro atoms. The highest BCUT2D eigenvalue weighted by atomic mass is 79.9. The van der Waals surface area contributed by atoms with Crippen molar-refractivity contribution >= 4 is 24.2 Å². The summed E-state index contributed by atoms with van der Waals surface area (Å²) in [6, 6.07) is 2.15. The van der Waals surface area contributed by atoms with Crippen LogP contribution in [0.1, 0.15) is 39.2 Å². The van der Waals surface area contributed by atoms with Gasteiger partial charge in [0, 0.05) is 22.4 Å². The van der Waals surface area contributed by atoms with Gasteiger partial charge in [0.15, 0.2) is 8.32 Å². The number of halogens is 1. The van der Waals surface area contributed by atoms with Gasteiger partial charge in [0.1, 0.15) is 0 Å². The average Bonchev–Trinajstić information content (AvgIpc) is 2.96. The molecule has 2 rings (SSSR count). The van der Waals surface area contributed by atoms with E-state index in [1.165, 1.54) is 5.56 Å². The van der Waals surface area contributed by atoms with Crippen molar-refractivity contribution in [1.29, 1.82) is 0 Å². The molecule has 2 nitrogen and oxygen atoms in total. The highest BCUT2D eigenvalue weighted by Crippen LogP contribution is 2.54. The lowest BCUT2D eigenvalue weighted by atomic mass is 10.1. The molecule has 1 aliphatic rings. The second-order valence-corrected chi connectivity index (χ2v) is 12.4. The molecule has 0 unspecified atom stereocenters. The summed E-state index contributed by atoms with van der Waals surface area (Å²) in [6.07, 6.45) is 6.02. The van der Waals surface area contributed by atoms with E-state index in [9.17, 15) is 0 Å². The van der Waals surface area contributed by atoms with Crippen molar-refractivity contribution in [3.63, 3.8) is 0 Å². The minimum atomic E-state index is -1.72. The molecule has 4 heteroatoms. The molecule has 0 radical (unpaired) electrons. The molecular formula is C14H22BrNOSi. The smallest absolute Gasteiger partial charge is 0.193 e. The van der Waals surface area contributed by atoms with Gasteiger partial charge in [0.25, 0.3) is 0 Å². The van der Waals surface area contributed by atoms with E-state index in [0.29, 0.717) is 0 Å². The molecule has 0 aliphatic heterocycles. The van der Waals surface area contributed by atoms with Crippen molar-refractivity contribution in [2.75, 3.05) is 0 Å². The molecule has 0 amide bonds. The summed E-state index contributed by atoms with van der Waals surface area (Å²) in [7, 11) is -1.72. The van der Waals surface area contributed by atoms with Crippen LogP contribution < -0.4 is 0 Å². The number of aromatic nitrogens is 1. The maximum atomic E-state index is 6.62. The molecule has 0 N–H and O–H groups in total. The second kappa shape index (κ2) is 4.42. The van der Waals surface area contributed by atoms with E-state index < -0.39 is 8.32 Å². The van der Waals surface area contributed by atoms with Gasteiger partial charge in [0.2, 0.25) is 0 Å². The van der Waals surface area contributed by atoms with Gasteiger partial charge in [-0.3, -0.25) is 4.98 Å². The Morgan fingerprint density at radius 2 is 1.89 bits per heavy atom. The summed E-state index contributed by atoms with van der Waals surface area (Å²) < 4.78 is 7.65. The van der Waals surface area contributed by atoms with Crippen molar-refractivity contribution < 1.29 is 4.43 Å². The van der Waals surface area contributed by atoms with Crippen LogP contribution in [0.15, 0.2) is 22.9 Å². The molecule has 1 aromatic rings. The summed E-state index contributed by atoms with van der Waals surface area (Å²) in [4.78, 5) is 4.27. The standard InChI is InChI=1S/C14H22BrNOSi/c1-13(2,3)18(4,5)17-14(6-7-14)11-8-12(15)10-16-9-11/h8-10H,6-7H2,1-5H3. The van der Waals surface area contributed by atoms with E-state index in [-0.39, 0.29) is 10.6 Å². The van der Waals surface area contributed by atoms with E-state index in [1.807, 2.05) is 12.4 Å². The lowest BCUT2D eigenvalue weighted by Gasteiger charge is -2.39. The molecule has 0 bridgehead atoms. The van der Waals surface area contributed by atoms with Crippen molar-refractivity contribution in [3.8, 4) is 0 Å². The van der Waals surface area contributed by atoms with Gasteiger partial charge in [-0.05, 0) is 53.0 Å². The Kier molecular flexibility index (Phi) is 3.50. The lowest BCUT2D eigenvalue weighted by molar-refractivity contribution is 0.158. The summed E-state index contributed by atoms with van der Waals surface area (Å²) in [5, 5.41) is 0.252. The Hall–Kier alpha value is -0.193. The maximum absolute atomic E-state index is 6.62. The van der Waals surface area contributed by atoms with Crippen LogP contribution in [0.4, 0.5) is 0 Å². The highest BCUT2D eigenvalue weighted by molar-refractivity contribution is 9.10. The van der Waals surface area contributed by atoms with Crippen LogP contribution in [0.3, 0.4) is 0 Å². The Labute approximate surface area is 119 Å². The monoisotopic (exact) mass is 327 g/mol. The lowest BCUT2D eigenvalue weighted by Crippen LogP contribution is -2.44. The number of rotatable bonds is 3. The normalized spacial score (nSPS) is 18.8. The fourth-order valence-corrected chi connectivity index (χ4v) is 3.84. The Balaban J connectivity index is 2.24. The zero-order chi connectivity index (χ0) is 13.6. The second-order valence-electron chi connectivity index (χ2n) is 6.75. The molecule has 100 valence electrons. The van der Waals surface area contributed by atoms with Gasteiger partial charge in [0.05, 0.1) is 5.60 Å². The summed E-state index contributed by atoms with van der Waals surface area (Å²) in [6.45, 7) is 11.5. The van der Waals surface area contributed by atoms with Crippen molar-refractivity contribution in [2.45, 2.75) is 57.3 Å². The molecule has 1 aromatic heterocycles. The van der Waals surface area contributed by atoms with Crippen LogP contribution in [-0.4, -0.2) is 13.3 Å². The molecule has 0 atom stereocenters. The number of nitrogens with zero attached hydrogens (tertiary/aromatic N) is 1. The Morgan fingerprint density at radius 3 is 2.33 bits per heavy atom. The third-order valence-electron chi connectivity index (χ3n) is 4.19. The minimum Gasteiger partial charge on any atom is -0.407 e. The van der Waals surface area contributed by atoms with Crippen LogP contribution in [0, 0.1) is 0 Å². The van der Waals surface area contributed by atoms with Gasteiger partial charge < -0.3 is 4.43 Å². The van der Waals surface area contributed by atoms with Gasteiger partial charge in [-0.25, -0.2) is 0 Å². The largest absolute Gasteiger partial charge is 0.407 e. The fraction of sp³-hybridized carbons (Fsp3) is 0.643. The van der Waals surface area contributed by atoms with Gasteiger partial charge in [-0.15, -0.1) is 0 Å². The van der Waals surface area contributed by atoms with Crippen LogP contribution in [0.2, 0.25) is 18.1 Å². The summed E-state index contributed by atoms with van der Waals surface area (Å²) in [5.74, 6) is 0. The first-order valence-electron chi connectivity index (χ1n) is 6.48. The van der Waals surface area contributed by atoms with Crippen molar-refractivity contribution in [1.82, 2.24) is 4.98 Å². The van der Waals surface area contributed by atoms with Crippen LogP contribution in [0.5, 0.6) is 0 Å². The minimum absolute atomic E-state index is 0.0558. The predicted octanol–water partition coefficient (Wildman–Crippen LogP) is 4.86. The number of hydrogen-bond acceptors (Lipinski definition) is 2. The SMILES string of the molecule is CC(C)(C)[Si](C)(C)OC1(c2cncc(Br)c2)CC1. The van der Waals surface area contributed by atoms with Crippen molar-refractivity contribution in [3.05, 3.63) is 28.5 Å². The fourth-order valence-electron chi connectivity index (χ4n) is 1.87. The Bertz CT molecular complexity index is 449. The highest BCUT2D eigenvalue weighted by Gasteiger charge is 2.52. The van der Waals surface area contributed by atoms with Crippen molar-refractivity contribution in [2.24, 2.45) is 0 Å². The van der Waals surface area contributed by atoms with Crippen LogP contribution in [-0.2, 0) is 10.0 Å².